The summed E-state index contributed by atoms with van der Waals surface area (Å²) >= 11 is 3.07. The first-order valence-corrected chi connectivity index (χ1v) is 5.21. The molecule has 0 radical (unpaired) electrons. The fourth-order valence-corrected chi connectivity index (χ4v) is 0. The van der Waals surface area contributed by atoms with Crippen molar-refractivity contribution in [3.05, 3.63) is 0 Å². The molecule has 0 spiro atoms. The Morgan fingerprint density at radius 1 is 1.50 bits per heavy atom. The topological polar surface area (TPSA) is 37.3 Å². The summed E-state index contributed by atoms with van der Waals surface area (Å²) in [4.78, 5) is 7.47. The summed E-state index contributed by atoms with van der Waals surface area (Å²) in [5, 5.41) is 0. The molecule has 0 aromatic rings. The lowest BCUT2D eigenvalue weighted by Crippen LogP contribution is -1.47. The minimum atomic E-state index is -2.44. The van der Waals surface area contributed by atoms with Gasteiger partial charge in [-0.2, -0.15) is 0 Å². The summed E-state index contributed by atoms with van der Waals surface area (Å²) in [6.07, 6.45) is 2.64. The molecule has 0 saturated carbocycles. The average molecular weight is 156 g/mol. The minimum absolute atomic E-state index is 1.32. The molecule has 1 N–H and O–H groups in total. The first kappa shape index (κ1) is 11.4. The number of rotatable bonds is 1. The van der Waals surface area contributed by atoms with Gasteiger partial charge in [-0.15, -0.1) is 0 Å². The van der Waals surface area contributed by atoms with Gasteiger partial charge in [0.25, 0.3) is 0 Å². The molecule has 0 aliphatic carbocycles. The van der Waals surface area contributed by atoms with Crippen LogP contribution in [0.15, 0.2) is 0 Å². The number of hydrogen-bond acceptors (Lipinski definition) is 1. The molecule has 0 aliphatic rings. The van der Waals surface area contributed by atoms with Gasteiger partial charge in [0.1, 0.15) is 0 Å². The first-order chi connectivity index (χ1) is 3.65. The molecule has 0 rings (SSSR count). The Morgan fingerprint density at radius 2 is 1.62 bits per heavy atom. The quantitative estimate of drug-likeness (QED) is 0.450. The molecule has 0 amide bonds. The molecular weight excluding hydrogens is 143 g/mol. The van der Waals surface area contributed by atoms with Gasteiger partial charge in [0, 0.05) is 0 Å². The summed E-state index contributed by atoms with van der Waals surface area (Å²) in [7, 11) is -2.44. The Balaban J connectivity index is 0. The Hall–Kier alpha value is 0.540. The molecule has 4 heteroatoms. The second-order valence-electron chi connectivity index (χ2n) is 1.28. The van der Waals surface area contributed by atoms with Crippen molar-refractivity contribution in [1.29, 1.82) is 0 Å². The zero-order chi connectivity index (χ0) is 6.99. The fraction of sp³-hybridized carbons (Fsp3) is 1.00. The van der Waals surface area contributed by atoms with Crippen LogP contribution in [0.25, 0.3) is 0 Å². The Morgan fingerprint density at radius 3 is 1.62 bits per heavy atom. The molecule has 2 nitrogen and oxygen atoms in total. The molecule has 0 aromatic heterocycles. The van der Waals surface area contributed by atoms with Crippen LogP contribution >= 0.6 is 19.5 Å². The van der Waals surface area contributed by atoms with Crippen LogP contribution in [-0.2, 0) is 4.57 Å². The highest BCUT2D eigenvalue weighted by Crippen LogP contribution is 2.16. The maximum atomic E-state index is 9.05. The van der Waals surface area contributed by atoms with Gasteiger partial charge < -0.3 is 4.89 Å². The van der Waals surface area contributed by atoms with E-state index in [4.69, 9.17) is 9.46 Å². The summed E-state index contributed by atoms with van der Waals surface area (Å²) in [5.41, 5.74) is 0. The summed E-state index contributed by atoms with van der Waals surface area (Å²) < 4.78 is 9.05. The molecule has 0 fully saturated rings. The zero-order valence-electron chi connectivity index (χ0n) is 5.22. The third-order valence-electron chi connectivity index (χ3n) is 0.500. The SMILES string of the molecule is CCCC.O=[PH](O)S. The molecule has 0 heterocycles. The predicted octanol–water partition coefficient (Wildman–Crippen LogP) is 2.10. The van der Waals surface area contributed by atoms with Gasteiger partial charge in [-0.3, -0.25) is 4.57 Å². The van der Waals surface area contributed by atoms with E-state index in [2.05, 4.69) is 26.1 Å². The third-order valence-corrected chi connectivity index (χ3v) is 0.500. The monoisotopic (exact) mass is 156 g/mol. The smallest absolute Gasteiger partial charge is 0.240 e. The van der Waals surface area contributed by atoms with Crippen molar-refractivity contribution in [3.8, 4) is 0 Å². The number of hydrogen-bond donors (Lipinski definition) is 2. The molecule has 52 valence electrons. The van der Waals surface area contributed by atoms with Crippen LogP contribution < -0.4 is 0 Å². The van der Waals surface area contributed by atoms with Crippen LogP contribution in [0.2, 0.25) is 0 Å². The molecule has 0 saturated heterocycles. The van der Waals surface area contributed by atoms with Gasteiger partial charge in [-0.05, 0) is 0 Å². The van der Waals surface area contributed by atoms with Gasteiger partial charge in [0.05, 0.1) is 0 Å². The maximum Gasteiger partial charge on any atom is 0.240 e. The van der Waals surface area contributed by atoms with Crippen molar-refractivity contribution in [2.24, 2.45) is 0 Å². The number of unbranched alkanes of at least 4 members (excludes halogenated alkanes) is 1. The maximum absolute atomic E-state index is 9.05. The van der Waals surface area contributed by atoms with Crippen molar-refractivity contribution in [2.45, 2.75) is 26.7 Å². The molecule has 1 unspecified atom stereocenters. The van der Waals surface area contributed by atoms with Crippen molar-refractivity contribution >= 4 is 19.5 Å². The van der Waals surface area contributed by atoms with E-state index in [0.29, 0.717) is 0 Å². The van der Waals surface area contributed by atoms with Crippen molar-refractivity contribution < 1.29 is 9.46 Å². The van der Waals surface area contributed by atoms with Crippen molar-refractivity contribution in [1.82, 2.24) is 0 Å². The van der Waals surface area contributed by atoms with Crippen LogP contribution in [0.1, 0.15) is 26.7 Å². The van der Waals surface area contributed by atoms with E-state index < -0.39 is 7.23 Å². The van der Waals surface area contributed by atoms with Gasteiger partial charge in [-0.1, -0.05) is 38.9 Å². The van der Waals surface area contributed by atoms with Crippen LogP contribution in [0.3, 0.4) is 0 Å². The predicted molar refractivity (Wildman–Crippen MR) is 40.8 cm³/mol. The number of thiol groups is 1. The largest absolute Gasteiger partial charge is 0.339 e. The Labute approximate surface area is 56.3 Å². The molecule has 1 atom stereocenters. The third kappa shape index (κ3) is 84.6. The second kappa shape index (κ2) is 10.5. The first-order valence-electron chi connectivity index (χ1n) is 2.57. The van der Waals surface area contributed by atoms with Crippen LogP contribution in [0, 0.1) is 0 Å². The fourth-order valence-electron chi connectivity index (χ4n) is 0. The van der Waals surface area contributed by atoms with E-state index in [1.165, 1.54) is 12.8 Å². The van der Waals surface area contributed by atoms with E-state index in [-0.39, 0.29) is 0 Å². The highest BCUT2D eigenvalue weighted by atomic mass is 32.7. The Kier molecular flexibility index (Phi) is 14.9. The van der Waals surface area contributed by atoms with Gasteiger partial charge in [0.15, 0.2) is 0 Å². The lowest BCUT2D eigenvalue weighted by Gasteiger charge is -1.68. The highest BCUT2D eigenvalue weighted by Gasteiger charge is 1.61. The zero-order valence-corrected chi connectivity index (χ0v) is 7.11. The van der Waals surface area contributed by atoms with Crippen LogP contribution in [0.5, 0.6) is 0 Å². The average Bonchev–Trinajstić information content (AvgIpc) is 1.65. The van der Waals surface area contributed by atoms with Crippen LogP contribution in [-0.4, -0.2) is 4.89 Å². The molecule has 0 bridgehead atoms. The lowest BCUT2D eigenvalue weighted by atomic mass is 10.4. The van der Waals surface area contributed by atoms with E-state index in [0.717, 1.165) is 0 Å². The van der Waals surface area contributed by atoms with Gasteiger partial charge >= 0.3 is 0 Å². The van der Waals surface area contributed by atoms with E-state index in [1.54, 1.807) is 0 Å². The molecule has 8 heavy (non-hydrogen) atoms. The molecular formula is C4H13O2PS. The summed E-state index contributed by atoms with van der Waals surface area (Å²) in [6.45, 7) is 4.36. The summed E-state index contributed by atoms with van der Waals surface area (Å²) in [5.74, 6) is 0. The van der Waals surface area contributed by atoms with Gasteiger partial charge in [0.2, 0.25) is 7.23 Å². The lowest BCUT2D eigenvalue weighted by molar-refractivity contribution is 0.520. The molecule has 0 aromatic carbocycles. The normalized spacial score (nSPS) is 11.5. The minimum Gasteiger partial charge on any atom is -0.339 e. The summed E-state index contributed by atoms with van der Waals surface area (Å²) in [6, 6.07) is 0. The second-order valence-corrected chi connectivity index (χ2v) is 3.00. The van der Waals surface area contributed by atoms with E-state index in [1.807, 2.05) is 0 Å². The van der Waals surface area contributed by atoms with Crippen molar-refractivity contribution in [2.75, 3.05) is 0 Å². The Bertz CT molecular complexity index is 52.0. The highest BCUT2D eigenvalue weighted by molar-refractivity contribution is 8.38. The standard InChI is InChI=1S/C4H10.H3O2PS/c1-3-4-2;1-3(2)4/h3-4H2,1-2H3;3H,(H2,1,2,4). The van der Waals surface area contributed by atoms with Crippen LogP contribution in [0.4, 0.5) is 0 Å². The van der Waals surface area contributed by atoms with Gasteiger partial charge in [-0.25, -0.2) is 0 Å². The van der Waals surface area contributed by atoms with E-state index >= 15 is 0 Å². The van der Waals surface area contributed by atoms with E-state index in [9.17, 15) is 0 Å². The molecule has 0 aliphatic heterocycles. The van der Waals surface area contributed by atoms with Crippen molar-refractivity contribution in [3.63, 3.8) is 0 Å².